The zero-order chi connectivity index (χ0) is 11.8. The lowest BCUT2D eigenvalue weighted by Crippen LogP contribution is -2.24. The van der Waals surface area contributed by atoms with Crippen LogP contribution in [0.1, 0.15) is 51.3 Å². The highest BCUT2D eigenvalue weighted by Gasteiger charge is 2.07. The van der Waals surface area contributed by atoms with Crippen LogP contribution >= 0.6 is 0 Å². The standard InChI is InChI=1S/C13H25N3/c1-3-4-5-6-7-8-12(14)11-13-15-9-10-16(13)2/h9-10,12H,3-8,11,14H2,1-2H3. The van der Waals surface area contributed by atoms with Gasteiger partial charge >= 0.3 is 0 Å². The van der Waals surface area contributed by atoms with E-state index in [-0.39, 0.29) is 6.04 Å². The van der Waals surface area contributed by atoms with Crippen LogP contribution in [0, 0.1) is 0 Å². The van der Waals surface area contributed by atoms with Gasteiger partial charge in [-0.25, -0.2) is 4.98 Å². The fourth-order valence-electron chi connectivity index (χ4n) is 1.94. The molecule has 0 radical (unpaired) electrons. The fraction of sp³-hybridized carbons (Fsp3) is 0.769. The predicted octanol–water partition coefficient (Wildman–Crippen LogP) is 2.65. The van der Waals surface area contributed by atoms with Crippen molar-refractivity contribution >= 4 is 0 Å². The summed E-state index contributed by atoms with van der Waals surface area (Å²) < 4.78 is 2.05. The molecule has 0 saturated heterocycles. The lowest BCUT2D eigenvalue weighted by molar-refractivity contribution is 0.525. The smallest absolute Gasteiger partial charge is 0.109 e. The summed E-state index contributed by atoms with van der Waals surface area (Å²) in [5.74, 6) is 1.10. The minimum Gasteiger partial charge on any atom is -0.338 e. The molecule has 1 aromatic heterocycles. The van der Waals surface area contributed by atoms with Crippen molar-refractivity contribution in [1.82, 2.24) is 9.55 Å². The van der Waals surface area contributed by atoms with E-state index in [9.17, 15) is 0 Å². The summed E-state index contributed by atoms with van der Waals surface area (Å²) >= 11 is 0. The van der Waals surface area contributed by atoms with Crippen molar-refractivity contribution in [3.8, 4) is 0 Å². The SMILES string of the molecule is CCCCCCCC(N)Cc1nccn1C. The first-order chi connectivity index (χ1) is 7.74. The maximum absolute atomic E-state index is 6.10. The third-order valence-corrected chi connectivity index (χ3v) is 3.04. The van der Waals surface area contributed by atoms with E-state index in [1.54, 1.807) is 0 Å². The van der Waals surface area contributed by atoms with Crippen LogP contribution in [0.3, 0.4) is 0 Å². The van der Waals surface area contributed by atoms with Crippen molar-refractivity contribution in [1.29, 1.82) is 0 Å². The Morgan fingerprint density at radius 1 is 1.31 bits per heavy atom. The van der Waals surface area contributed by atoms with Crippen LogP contribution in [0.4, 0.5) is 0 Å². The van der Waals surface area contributed by atoms with Gasteiger partial charge in [0, 0.05) is 31.9 Å². The summed E-state index contributed by atoms with van der Waals surface area (Å²) in [6.07, 6.45) is 12.4. The highest BCUT2D eigenvalue weighted by atomic mass is 15.0. The summed E-state index contributed by atoms with van der Waals surface area (Å²) in [5, 5.41) is 0. The van der Waals surface area contributed by atoms with Gasteiger partial charge in [-0.15, -0.1) is 0 Å². The summed E-state index contributed by atoms with van der Waals surface area (Å²) in [6, 6.07) is 0.266. The molecule has 1 heterocycles. The molecular formula is C13H25N3. The molecule has 3 nitrogen and oxygen atoms in total. The molecule has 2 N–H and O–H groups in total. The Morgan fingerprint density at radius 2 is 2.06 bits per heavy atom. The number of unbranched alkanes of at least 4 members (excludes halogenated alkanes) is 4. The fourth-order valence-corrected chi connectivity index (χ4v) is 1.94. The molecule has 1 aromatic rings. The van der Waals surface area contributed by atoms with Gasteiger partial charge < -0.3 is 10.3 Å². The second-order valence-electron chi connectivity index (χ2n) is 4.62. The molecule has 0 aliphatic carbocycles. The molecule has 0 bridgehead atoms. The van der Waals surface area contributed by atoms with E-state index in [0.717, 1.165) is 18.7 Å². The van der Waals surface area contributed by atoms with Crippen LogP contribution in [0.25, 0.3) is 0 Å². The van der Waals surface area contributed by atoms with Crippen molar-refractivity contribution < 1.29 is 0 Å². The Morgan fingerprint density at radius 3 is 2.69 bits per heavy atom. The second kappa shape index (κ2) is 7.44. The van der Waals surface area contributed by atoms with E-state index in [1.165, 1.54) is 32.1 Å². The van der Waals surface area contributed by atoms with Crippen LogP contribution in [0.15, 0.2) is 12.4 Å². The lowest BCUT2D eigenvalue weighted by Gasteiger charge is -2.11. The molecule has 16 heavy (non-hydrogen) atoms. The Hall–Kier alpha value is -0.830. The van der Waals surface area contributed by atoms with E-state index in [4.69, 9.17) is 5.73 Å². The second-order valence-corrected chi connectivity index (χ2v) is 4.62. The lowest BCUT2D eigenvalue weighted by atomic mass is 10.0. The topological polar surface area (TPSA) is 43.8 Å². The zero-order valence-electron chi connectivity index (χ0n) is 10.7. The minimum atomic E-state index is 0.266. The van der Waals surface area contributed by atoms with E-state index in [1.807, 2.05) is 19.4 Å². The van der Waals surface area contributed by atoms with Gasteiger partial charge in [0.05, 0.1) is 0 Å². The Bertz CT molecular complexity index is 280. The van der Waals surface area contributed by atoms with E-state index in [0.29, 0.717) is 0 Å². The summed E-state index contributed by atoms with van der Waals surface area (Å²) in [4.78, 5) is 4.30. The van der Waals surface area contributed by atoms with Crippen molar-refractivity contribution in [2.45, 2.75) is 57.9 Å². The number of hydrogen-bond acceptors (Lipinski definition) is 2. The average molecular weight is 223 g/mol. The van der Waals surface area contributed by atoms with Gasteiger partial charge in [0.1, 0.15) is 5.82 Å². The maximum Gasteiger partial charge on any atom is 0.109 e. The first-order valence-electron chi connectivity index (χ1n) is 6.45. The maximum atomic E-state index is 6.10. The van der Waals surface area contributed by atoms with Gasteiger partial charge in [-0.05, 0) is 6.42 Å². The number of aromatic nitrogens is 2. The van der Waals surface area contributed by atoms with Gasteiger partial charge in [0.15, 0.2) is 0 Å². The molecule has 1 unspecified atom stereocenters. The summed E-state index contributed by atoms with van der Waals surface area (Å²) in [6.45, 7) is 2.24. The first kappa shape index (κ1) is 13.2. The molecule has 0 spiro atoms. The normalized spacial score (nSPS) is 12.9. The van der Waals surface area contributed by atoms with Gasteiger partial charge in [0.2, 0.25) is 0 Å². The van der Waals surface area contributed by atoms with Gasteiger partial charge in [-0.1, -0.05) is 39.0 Å². The Labute approximate surface area is 99.1 Å². The van der Waals surface area contributed by atoms with Crippen molar-refractivity contribution in [3.05, 3.63) is 18.2 Å². The number of hydrogen-bond donors (Lipinski definition) is 1. The molecule has 0 aromatic carbocycles. The minimum absolute atomic E-state index is 0.266. The molecule has 1 atom stereocenters. The molecular weight excluding hydrogens is 198 g/mol. The van der Waals surface area contributed by atoms with Crippen LogP contribution in [-0.2, 0) is 13.5 Å². The number of nitrogens with zero attached hydrogens (tertiary/aromatic N) is 2. The molecule has 1 rings (SSSR count). The van der Waals surface area contributed by atoms with Crippen molar-refractivity contribution in [3.63, 3.8) is 0 Å². The van der Waals surface area contributed by atoms with Crippen molar-refractivity contribution in [2.75, 3.05) is 0 Å². The molecule has 0 saturated carbocycles. The number of imidazole rings is 1. The van der Waals surface area contributed by atoms with Gasteiger partial charge in [0.25, 0.3) is 0 Å². The van der Waals surface area contributed by atoms with Crippen LogP contribution < -0.4 is 5.73 Å². The Balaban J connectivity index is 2.11. The molecule has 0 amide bonds. The largest absolute Gasteiger partial charge is 0.338 e. The first-order valence-corrected chi connectivity index (χ1v) is 6.45. The quantitative estimate of drug-likeness (QED) is 0.689. The summed E-state index contributed by atoms with van der Waals surface area (Å²) in [5.41, 5.74) is 6.10. The zero-order valence-corrected chi connectivity index (χ0v) is 10.7. The molecule has 0 fully saturated rings. The van der Waals surface area contributed by atoms with E-state index in [2.05, 4.69) is 16.5 Å². The number of aryl methyl sites for hydroxylation is 1. The highest BCUT2D eigenvalue weighted by Crippen LogP contribution is 2.08. The molecule has 92 valence electrons. The highest BCUT2D eigenvalue weighted by molar-refractivity contribution is 4.93. The third-order valence-electron chi connectivity index (χ3n) is 3.04. The third kappa shape index (κ3) is 4.79. The van der Waals surface area contributed by atoms with E-state index >= 15 is 0 Å². The number of rotatable bonds is 8. The van der Waals surface area contributed by atoms with Crippen LogP contribution in [-0.4, -0.2) is 15.6 Å². The molecule has 0 aliphatic heterocycles. The molecule has 3 heteroatoms. The predicted molar refractivity (Wildman–Crippen MR) is 68.3 cm³/mol. The number of nitrogens with two attached hydrogens (primary N) is 1. The van der Waals surface area contributed by atoms with Gasteiger partial charge in [-0.2, -0.15) is 0 Å². The summed E-state index contributed by atoms with van der Waals surface area (Å²) in [7, 11) is 2.02. The van der Waals surface area contributed by atoms with Crippen LogP contribution in [0.5, 0.6) is 0 Å². The molecule has 0 aliphatic rings. The van der Waals surface area contributed by atoms with Crippen molar-refractivity contribution in [2.24, 2.45) is 12.8 Å². The van der Waals surface area contributed by atoms with Gasteiger partial charge in [-0.3, -0.25) is 0 Å². The van der Waals surface area contributed by atoms with Crippen LogP contribution in [0.2, 0.25) is 0 Å². The monoisotopic (exact) mass is 223 g/mol. The average Bonchev–Trinajstić information content (AvgIpc) is 2.64. The Kier molecular flexibility index (Phi) is 6.16. The van der Waals surface area contributed by atoms with E-state index < -0.39 is 0 Å².